The first kappa shape index (κ1) is 63.2. The third-order valence-corrected chi connectivity index (χ3v) is 30.9. The summed E-state index contributed by atoms with van der Waals surface area (Å²) >= 11 is 0. The molecule has 20 aliphatic carbocycles. The van der Waals surface area contributed by atoms with Gasteiger partial charge in [0.15, 0.2) is 0 Å². The molecule has 8 unspecified atom stereocenters. The molecule has 0 N–H and O–H groups in total. The number of rotatable bonds is 1. The van der Waals surface area contributed by atoms with Crippen LogP contribution in [0.1, 0.15) is 405 Å². The average molecular weight is 1140 g/mol. The van der Waals surface area contributed by atoms with E-state index in [-0.39, 0.29) is 0 Å². The van der Waals surface area contributed by atoms with Crippen molar-refractivity contribution in [2.75, 3.05) is 0 Å². The van der Waals surface area contributed by atoms with Crippen molar-refractivity contribution in [1.82, 2.24) is 0 Å². The van der Waals surface area contributed by atoms with Crippen LogP contribution in [-0.4, -0.2) is 0 Å². The number of hydrogen-bond donors (Lipinski definition) is 0. The van der Waals surface area contributed by atoms with Crippen LogP contribution in [-0.2, 0) is 0 Å². The summed E-state index contributed by atoms with van der Waals surface area (Å²) < 4.78 is 0. The van der Waals surface area contributed by atoms with E-state index in [0.29, 0.717) is 0 Å². The lowest BCUT2D eigenvalue weighted by atomic mass is 9.56. The monoisotopic (exact) mass is 1140 g/mol. The Hall–Kier alpha value is 0. The fourth-order valence-corrected chi connectivity index (χ4v) is 26.7. The number of fused-ring (bicyclic) bond motifs is 10. The molecular formula is C83H144. The molecule has 0 saturated heterocycles. The minimum Gasteiger partial charge on any atom is -0.0533 e. The highest BCUT2D eigenvalue weighted by Gasteiger charge is 2.48. The molecule has 83 heavy (non-hydrogen) atoms. The lowest BCUT2D eigenvalue weighted by Gasteiger charge is -2.49. The van der Waals surface area contributed by atoms with Gasteiger partial charge in [0.05, 0.1) is 0 Å². The van der Waals surface area contributed by atoms with Crippen molar-refractivity contribution in [3.05, 3.63) is 0 Å². The van der Waals surface area contributed by atoms with Crippen molar-refractivity contribution in [3.63, 3.8) is 0 Å². The second kappa shape index (κ2) is 32.3. The maximum atomic E-state index is 1.62. The van der Waals surface area contributed by atoms with Gasteiger partial charge in [0.25, 0.3) is 0 Å². The Morgan fingerprint density at radius 3 is 0.602 bits per heavy atom. The Morgan fingerprint density at radius 2 is 0.337 bits per heavy atom. The molecule has 20 aliphatic rings. The van der Waals surface area contributed by atoms with Crippen LogP contribution >= 0.6 is 0 Å². The molecule has 20 fully saturated rings. The maximum absolute atomic E-state index is 1.62. The van der Waals surface area contributed by atoms with Gasteiger partial charge >= 0.3 is 0 Å². The van der Waals surface area contributed by atoms with E-state index in [0.717, 1.165) is 58.2 Å². The van der Waals surface area contributed by atoms with Crippen LogP contribution in [0.25, 0.3) is 0 Å². The first-order valence-electron chi connectivity index (χ1n) is 41.0. The molecule has 8 bridgehead atoms. The van der Waals surface area contributed by atoms with Crippen LogP contribution in [0.3, 0.4) is 0 Å². The molecule has 0 aromatic heterocycles. The van der Waals surface area contributed by atoms with Crippen LogP contribution < -0.4 is 0 Å². The summed E-state index contributed by atoms with van der Waals surface area (Å²) in [6.07, 6.45) is 98.2. The summed E-state index contributed by atoms with van der Waals surface area (Å²) in [5.74, 6) is 21.0. The average Bonchev–Trinajstić information content (AvgIpc) is 4.55. The molecule has 476 valence electrons. The van der Waals surface area contributed by atoms with E-state index in [1.807, 2.05) is 0 Å². The van der Waals surface area contributed by atoms with E-state index < -0.39 is 0 Å². The third kappa shape index (κ3) is 17.9. The molecule has 0 aliphatic heterocycles. The largest absolute Gasteiger partial charge is 0.0533 e. The molecule has 2 spiro atoms. The summed E-state index contributed by atoms with van der Waals surface area (Å²) in [6.45, 7) is 0. The second-order valence-corrected chi connectivity index (χ2v) is 36.1. The fraction of sp³-hybridized carbons (Fsp3) is 1.00. The Morgan fingerprint density at radius 1 is 0.133 bits per heavy atom. The van der Waals surface area contributed by atoms with Gasteiger partial charge in [-0.05, 0) is 259 Å². The summed E-state index contributed by atoms with van der Waals surface area (Å²) in [4.78, 5) is 0. The van der Waals surface area contributed by atoms with Crippen molar-refractivity contribution in [2.45, 2.75) is 405 Å². The molecule has 0 heterocycles. The van der Waals surface area contributed by atoms with Crippen molar-refractivity contribution < 1.29 is 0 Å². The molecule has 0 radical (unpaired) electrons. The molecule has 20 rings (SSSR count). The van der Waals surface area contributed by atoms with Gasteiger partial charge in [-0.25, -0.2) is 0 Å². The lowest BCUT2D eigenvalue weighted by molar-refractivity contribution is 0.0198. The van der Waals surface area contributed by atoms with Gasteiger partial charge in [-0.3, -0.25) is 0 Å². The van der Waals surface area contributed by atoms with Gasteiger partial charge in [0.1, 0.15) is 0 Å². The molecule has 0 nitrogen and oxygen atoms in total. The van der Waals surface area contributed by atoms with Crippen LogP contribution in [0.5, 0.6) is 0 Å². The lowest BCUT2D eigenvalue weighted by Crippen LogP contribution is -2.38. The molecular weight excluding hydrogens is 997 g/mol. The van der Waals surface area contributed by atoms with E-state index >= 15 is 0 Å². The predicted molar refractivity (Wildman–Crippen MR) is 359 cm³/mol. The van der Waals surface area contributed by atoms with Gasteiger partial charge in [0.2, 0.25) is 0 Å². The molecule has 0 aromatic rings. The van der Waals surface area contributed by atoms with Gasteiger partial charge in [-0.15, -0.1) is 0 Å². The fourth-order valence-electron chi connectivity index (χ4n) is 26.7. The topological polar surface area (TPSA) is 0 Å². The Kier molecular flexibility index (Phi) is 24.6. The predicted octanol–water partition coefficient (Wildman–Crippen LogP) is 26.8. The maximum Gasteiger partial charge on any atom is -0.0297 e. The summed E-state index contributed by atoms with van der Waals surface area (Å²) in [5, 5.41) is 0. The van der Waals surface area contributed by atoms with Gasteiger partial charge in [-0.2, -0.15) is 0 Å². The Balaban J connectivity index is 0.0000000941. The minimum absolute atomic E-state index is 0.873. The van der Waals surface area contributed by atoms with E-state index in [9.17, 15) is 0 Å². The van der Waals surface area contributed by atoms with E-state index in [2.05, 4.69) is 0 Å². The van der Waals surface area contributed by atoms with E-state index in [1.54, 1.807) is 283 Å². The number of hydrogen-bond acceptors (Lipinski definition) is 0. The zero-order chi connectivity index (χ0) is 55.9. The van der Waals surface area contributed by atoms with Crippen molar-refractivity contribution in [3.8, 4) is 0 Å². The second-order valence-electron chi connectivity index (χ2n) is 36.1. The normalized spacial score (nSPS) is 42.7. The summed E-state index contributed by atoms with van der Waals surface area (Å²) in [7, 11) is 0. The zero-order valence-corrected chi connectivity index (χ0v) is 55.9. The standard InChI is InChI=1S/C14H24.C12H22.C11H18.C10H16.2C10H18.C9H16.C7H12/c1-2-6-12-10-14-8-4-3-7-13(14)9-11(12)5-1;1-3-7-11(8-4-1)12-9-5-2-6-10-12;1-2-4-11-9-6-5-8(7-9)10(11)3-1;1-7-2-9-4-8(1)5-10(3-7)6-9;1-2-6-10-8-4-3-7-9(10)5-1;1-2-6-10(7-3-1)8-4-5-9-10;1-2-6-9(5-1)7-3-4-8-9;1-2-7-4-3-6(1)5-7/h11-14H,1-10H2;11-12H,1-10H2;8-11H,1-7H2;7-10H,1-6H2;9-10H,1-8H2;1-9H2;1-8H2;6-7H,1-5H2. The smallest absolute Gasteiger partial charge is 0.0297 e. The van der Waals surface area contributed by atoms with Crippen molar-refractivity contribution in [1.29, 1.82) is 0 Å². The summed E-state index contributed by atoms with van der Waals surface area (Å²) in [6, 6.07) is 0. The quantitative estimate of drug-likeness (QED) is 0.245. The highest BCUT2D eigenvalue weighted by molar-refractivity contribution is 4.98. The summed E-state index contributed by atoms with van der Waals surface area (Å²) in [5.41, 5.74) is 1.76. The first-order chi connectivity index (χ1) is 41.0. The van der Waals surface area contributed by atoms with E-state index in [4.69, 9.17) is 0 Å². The zero-order valence-electron chi connectivity index (χ0n) is 55.9. The first-order valence-corrected chi connectivity index (χ1v) is 41.0. The van der Waals surface area contributed by atoms with Crippen LogP contribution in [0.2, 0.25) is 0 Å². The molecule has 20 saturated carbocycles. The van der Waals surface area contributed by atoms with Crippen molar-refractivity contribution in [2.24, 2.45) is 117 Å². The third-order valence-electron chi connectivity index (χ3n) is 30.9. The Bertz CT molecular complexity index is 1570. The Labute approximate surface area is 519 Å². The van der Waals surface area contributed by atoms with Crippen LogP contribution in [0.15, 0.2) is 0 Å². The highest BCUT2D eigenvalue weighted by atomic mass is 14.5. The SMILES string of the molecule is C1C2CC3CC1CC(C2)C3.C1CC2CCC1C2.C1CCC(C2CCCCC2)CC1.C1CCC2(C1)CCCC2.C1CCC2(CC1)CCCC2.C1CCC2C3CCC(C3)C2C1.C1CCC2CC3CCCCC3CC2C1.C1CCC2CCCCC2C1. The van der Waals surface area contributed by atoms with Gasteiger partial charge in [-0.1, -0.05) is 263 Å². The molecule has 0 heteroatoms. The van der Waals surface area contributed by atoms with Gasteiger partial charge < -0.3 is 0 Å². The molecule has 0 amide bonds. The molecule has 8 atom stereocenters. The molecule has 0 aromatic carbocycles. The van der Waals surface area contributed by atoms with Crippen molar-refractivity contribution >= 4 is 0 Å². The van der Waals surface area contributed by atoms with E-state index in [1.165, 1.54) is 181 Å². The van der Waals surface area contributed by atoms with Crippen LogP contribution in [0.4, 0.5) is 0 Å². The van der Waals surface area contributed by atoms with Gasteiger partial charge in [0, 0.05) is 0 Å². The highest BCUT2D eigenvalue weighted by Crippen LogP contribution is 2.58. The minimum atomic E-state index is 0.873. The van der Waals surface area contributed by atoms with Crippen LogP contribution in [0, 0.1) is 117 Å².